The molecule has 0 aromatic carbocycles. The van der Waals surface area contributed by atoms with Gasteiger partial charge < -0.3 is 61.3 Å². The molecular weight excluding hydrogens is 909 g/mol. The Morgan fingerprint density at radius 3 is 2.35 bits per heavy atom. The van der Waals surface area contributed by atoms with Crippen molar-refractivity contribution in [1.82, 2.24) is 35.5 Å². The molecule has 0 radical (unpaired) electrons. The van der Waals surface area contributed by atoms with Crippen LogP contribution >= 0.6 is 45.1 Å². The number of anilines is 1. The Morgan fingerprint density at radius 2 is 1.68 bits per heavy atom. The average Bonchev–Trinajstić information content (AvgIpc) is 3.69. The van der Waals surface area contributed by atoms with Crippen LogP contribution in [0.15, 0.2) is 12.7 Å². The summed E-state index contributed by atoms with van der Waals surface area (Å²) < 4.78 is 62.1. The predicted molar refractivity (Wildman–Crippen MR) is 209 cm³/mol. The number of rotatable bonds is 25. The highest BCUT2D eigenvalue weighted by molar-refractivity contribution is 8.82. The van der Waals surface area contributed by atoms with Gasteiger partial charge in [-0.3, -0.25) is 37.3 Å². The van der Waals surface area contributed by atoms with Gasteiger partial charge in [0.05, 0.1) is 25.6 Å². The Hall–Kier alpha value is -2.66. The van der Waals surface area contributed by atoms with Gasteiger partial charge in [-0.15, -0.1) is 0 Å². The van der Waals surface area contributed by atoms with Crippen molar-refractivity contribution in [2.24, 2.45) is 5.41 Å². The number of nitrogens with two attached hydrogens (primary N) is 1. The monoisotopic (exact) mass is 956 g/mol. The minimum Gasteiger partial charge on any atom is -0.393 e. The molecule has 0 saturated carbocycles. The molecule has 12 N–H and O–H groups in total. The Balaban J connectivity index is 1.42. The second-order valence-corrected chi connectivity index (χ2v) is 20.2. The predicted octanol–water partition coefficient (Wildman–Crippen LogP) is -1.41. The SMILES string of the molecule is CC(=O)NCCC(O)CC(=O)SSCCNC(=O)CCNC(=O)[C@H](O)C(C)(C)COP(=O)(O)OP(=O)(O)OC[C@H]1O[C@@H](n2cnc3c(N)ncnc32)[C@H](O)[C@@H]1OP(=O)(O)O. The Bertz CT molecular complexity index is 1960. The van der Waals surface area contributed by atoms with Crippen molar-refractivity contribution in [1.29, 1.82) is 0 Å². The first-order valence-electron chi connectivity index (χ1n) is 17.4. The zero-order valence-corrected chi connectivity index (χ0v) is 36.4. The molecule has 340 valence electrons. The van der Waals surface area contributed by atoms with E-state index in [2.05, 4.69) is 39.7 Å². The van der Waals surface area contributed by atoms with Crippen LogP contribution < -0.4 is 21.7 Å². The largest absolute Gasteiger partial charge is 0.481 e. The van der Waals surface area contributed by atoms with Crippen LogP contribution in [-0.4, -0.2) is 146 Å². The standard InChI is InChI=1S/C28H47N8O19P3S2/c1-15(37)30-6-4-16(38)10-19(40)60-59-9-8-31-18(39)5-7-32-26(43)23(42)28(2,3)12-52-58(49,50)55-57(47,48)51-11-17-22(54-56(44,45)46)21(41)27(53-17)36-14-35-20-24(29)33-13-34-25(20)36/h13-14,16-17,21-23,27,38,41-42H,4-12H2,1-3H3,(H,30,37)(H,31,39)(H,32,43)(H,47,48)(H,49,50)(H2,29,33,34)(H2,44,45,46)/t16?,17-,21-,22-,23+,27-/m1/s1. The number of imidazole rings is 1. The maximum Gasteiger partial charge on any atom is 0.481 e. The van der Waals surface area contributed by atoms with Crippen LogP contribution in [-0.2, 0) is 55.5 Å². The van der Waals surface area contributed by atoms with Gasteiger partial charge in [0.2, 0.25) is 22.8 Å². The molecule has 3 heterocycles. The maximum atomic E-state index is 12.7. The van der Waals surface area contributed by atoms with Crippen LogP contribution in [0.2, 0.25) is 0 Å². The topological polar surface area (TPSA) is 413 Å². The second kappa shape index (κ2) is 22.6. The van der Waals surface area contributed by atoms with Gasteiger partial charge in [0.15, 0.2) is 17.7 Å². The molecule has 27 nitrogen and oxygen atoms in total. The molecule has 2 aromatic rings. The number of carbonyl (C=O) groups is 4. The third-order valence-corrected chi connectivity index (χ3v) is 13.3. The highest BCUT2D eigenvalue weighted by Gasteiger charge is 2.50. The minimum absolute atomic E-state index is 0.0210. The summed E-state index contributed by atoms with van der Waals surface area (Å²) in [5, 5.41) is 38.4. The minimum atomic E-state index is -5.59. The van der Waals surface area contributed by atoms with Crippen molar-refractivity contribution in [3.05, 3.63) is 12.7 Å². The quantitative estimate of drug-likeness (QED) is 0.0309. The van der Waals surface area contributed by atoms with E-state index in [0.29, 0.717) is 5.75 Å². The number of amides is 3. The lowest BCUT2D eigenvalue weighted by Crippen LogP contribution is -2.46. The average molecular weight is 957 g/mol. The van der Waals surface area contributed by atoms with Crippen LogP contribution in [0.3, 0.4) is 0 Å². The van der Waals surface area contributed by atoms with E-state index in [1.165, 1.54) is 20.8 Å². The van der Waals surface area contributed by atoms with E-state index < -0.39 is 90.7 Å². The fourth-order valence-electron chi connectivity index (χ4n) is 5.02. The summed E-state index contributed by atoms with van der Waals surface area (Å²) in [4.78, 5) is 98.5. The number of aromatic nitrogens is 4. The van der Waals surface area contributed by atoms with Crippen molar-refractivity contribution in [3.8, 4) is 0 Å². The lowest BCUT2D eigenvalue weighted by Gasteiger charge is -2.30. The first kappa shape index (κ1) is 51.7. The summed E-state index contributed by atoms with van der Waals surface area (Å²) in [5.41, 5.74) is 4.22. The molecule has 32 heteroatoms. The number of fused-ring (bicyclic) bond motifs is 1. The van der Waals surface area contributed by atoms with Gasteiger partial charge >= 0.3 is 23.5 Å². The van der Waals surface area contributed by atoms with Crippen LogP contribution in [0.5, 0.6) is 0 Å². The number of hydrogen-bond donors (Lipinski definition) is 11. The normalized spacial score (nSPS) is 21.4. The van der Waals surface area contributed by atoms with E-state index in [1.807, 2.05) is 0 Å². The summed E-state index contributed by atoms with van der Waals surface area (Å²) in [6.45, 7) is 1.92. The molecule has 0 spiro atoms. The molecular formula is C28H47N8O19P3S2. The number of aliphatic hydroxyl groups excluding tert-OH is 3. The fraction of sp³-hybridized carbons (Fsp3) is 0.679. The number of phosphoric acid groups is 3. The van der Waals surface area contributed by atoms with E-state index in [4.69, 9.17) is 19.5 Å². The number of carbonyl (C=O) groups excluding carboxylic acids is 4. The van der Waals surface area contributed by atoms with Crippen molar-refractivity contribution in [2.45, 2.75) is 76.8 Å². The third-order valence-electron chi connectivity index (χ3n) is 7.99. The van der Waals surface area contributed by atoms with E-state index in [1.54, 1.807) is 0 Å². The van der Waals surface area contributed by atoms with Crippen LogP contribution in [0, 0.1) is 5.41 Å². The van der Waals surface area contributed by atoms with Crippen molar-refractivity contribution >= 4 is 84.9 Å². The zero-order valence-electron chi connectivity index (χ0n) is 32.0. The van der Waals surface area contributed by atoms with E-state index in [0.717, 1.165) is 38.8 Å². The molecule has 0 aliphatic carbocycles. The van der Waals surface area contributed by atoms with E-state index in [9.17, 15) is 67.8 Å². The van der Waals surface area contributed by atoms with Gasteiger partial charge in [0.1, 0.15) is 36.3 Å². The molecule has 3 unspecified atom stereocenters. The Morgan fingerprint density at radius 1 is 1.00 bits per heavy atom. The third kappa shape index (κ3) is 16.9. The zero-order chi connectivity index (χ0) is 45.1. The maximum absolute atomic E-state index is 12.7. The number of ether oxygens (including phenoxy) is 1. The smallest absolute Gasteiger partial charge is 0.393 e. The first-order valence-corrected chi connectivity index (χ1v) is 24.3. The van der Waals surface area contributed by atoms with Gasteiger partial charge in [-0.25, -0.2) is 28.6 Å². The number of hydrogen-bond acceptors (Lipinski definition) is 21. The molecule has 3 amide bonds. The fourth-order valence-corrected chi connectivity index (χ4v) is 9.61. The van der Waals surface area contributed by atoms with E-state index >= 15 is 0 Å². The molecule has 8 atom stereocenters. The van der Waals surface area contributed by atoms with Gasteiger partial charge in [0.25, 0.3) is 0 Å². The van der Waals surface area contributed by atoms with Crippen LogP contribution in [0.25, 0.3) is 11.2 Å². The number of nitrogens with zero attached hydrogens (tertiary/aromatic N) is 4. The Kier molecular flexibility index (Phi) is 19.5. The highest BCUT2D eigenvalue weighted by Crippen LogP contribution is 2.61. The summed E-state index contributed by atoms with van der Waals surface area (Å²) in [6.07, 6.45) is -7.85. The second-order valence-electron chi connectivity index (χ2n) is 13.5. The van der Waals surface area contributed by atoms with Crippen LogP contribution in [0.1, 0.15) is 46.3 Å². The lowest BCUT2D eigenvalue weighted by molar-refractivity contribution is -0.137. The van der Waals surface area contributed by atoms with Gasteiger partial charge in [-0.1, -0.05) is 24.6 Å². The molecule has 1 aliphatic rings. The first-order chi connectivity index (χ1) is 27.8. The molecule has 3 rings (SSSR count). The number of nitrogens with one attached hydrogen (secondary N) is 3. The number of phosphoric ester groups is 3. The molecule has 60 heavy (non-hydrogen) atoms. The van der Waals surface area contributed by atoms with Crippen molar-refractivity contribution in [2.75, 3.05) is 44.3 Å². The van der Waals surface area contributed by atoms with Gasteiger partial charge in [-0.2, -0.15) is 4.31 Å². The molecule has 1 fully saturated rings. The highest BCUT2D eigenvalue weighted by atomic mass is 33.1. The van der Waals surface area contributed by atoms with Crippen molar-refractivity contribution < 1.29 is 90.4 Å². The summed E-state index contributed by atoms with van der Waals surface area (Å²) in [5.74, 6) is -1.44. The summed E-state index contributed by atoms with van der Waals surface area (Å²) >= 11 is 0. The van der Waals surface area contributed by atoms with Gasteiger partial charge in [-0.05, 0) is 17.2 Å². The van der Waals surface area contributed by atoms with Gasteiger partial charge in [0, 0.05) is 50.6 Å². The number of nitrogen functional groups attached to an aromatic ring is 1. The van der Waals surface area contributed by atoms with E-state index in [-0.39, 0.29) is 66.9 Å². The Labute approximate surface area is 349 Å². The van der Waals surface area contributed by atoms with Crippen LogP contribution in [0.4, 0.5) is 5.82 Å². The number of aliphatic hydroxyl groups is 3. The molecule has 1 aliphatic heterocycles. The summed E-state index contributed by atoms with van der Waals surface area (Å²) in [6, 6.07) is 0. The molecule has 2 aromatic heterocycles. The molecule has 0 bridgehead atoms. The van der Waals surface area contributed by atoms with Crippen molar-refractivity contribution in [3.63, 3.8) is 0 Å². The lowest BCUT2D eigenvalue weighted by atomic mass is 9.87. The molecule has 1 saturated heterocycles. The summed E-state index contributed by atoms with van der Waals surface area (Å²) in [7, 11) is -14.4.